The van der Waals surface area contributed by atoms with Crippen molar-refractivity contribution in [3.05, 3.63) is 141 Å². The van der Waals surface area contributed by atoms with Crippen LogP contribution in [-0.4, -0.2) is 23.7 Å². The number of carbonyl (C=O) groups excluding carboxylic acids is 1. The largest absolute Gasteiger partial charge is 0.478 e. The summed E-state index contributed by atoms with van der Waals surface area (Å²) in [5.74, 6) is -2.30. The van der Waals surface area contributed by atoms with Gasteiger partial charge in [0.2, 0.25) is 0 Å². The van der Waals surface area contributed by atoms with Gasteiger partial charge in [-0.25, -0.2) is 9.59 Å². The van der Waals surface area contributed by atoms with Crippen LogP contribution in [0.2, 0.25) is 5.02 Å². The van der Waals surface area contributed by atoms with Crippen molar-refractivity contribution in [1.29, 1.82) is 0 Å². The number of carboxylic acids is 1. The molecule has 2 N–H and O–H groups in total. The maximum absolute atomic E-state index is 13.3. The number of allylic oxidation sites excluding steroid dienone is 3. The molecule has 1 aliphatic rings. The highest BCUT2D eigenvalue weighted by atomic mass is 35.5. The molecular formula is C32H30ClNO4. The minimum absolute atomic E-state index is 0.0687. The second kappa shape index (κ2) is 12.4. The van der Waals surface area contributed by atoms with Gasteiger partial charge in [-0.2, -0.15) is 0 Å². The molecule has 3 aromatic rings. The van der Waals surface area contributed by atoms with Crippen LogP contribution in [0.1, 0.15) is 48.8 Å². The lowest BCUT2D eigenvalue weighted by atomic mass is 9.80. The molecule has 1 atom stereocenters. The standard InChI is InChI=1S/C32H30ClNO4/c1-21-28(31(35)36)30(25-16-11-17-26(33)20-25)29(22(2)34-21)32(37)38-19-10-9-18-27(23-12-5-3-6-13-23)24-14-7-4-8-15-24/h3-17,20,27,30,34H,18-19H2,1-2H3,(H,35,36). The molecule has 4 rings (SSSR count). The van der Waals surface area contributed by atoms with E-state index in [2.05, 4.69) is 29.6 Å². The van der Waals surface area contributed by atoms with E-state index in [9.17, 15) is 14.7 Å². The van der Waals surface area contributed by atoms with Crippen LogP contribution < -0.4 is 5.32 Å². The zero-order valence-corrected chi connectivity index (χ0v) is 22.1. The number of benzene rings is 3. The van der Waals surface area contributed by atoms with Gasteiger partial charge in [0.05, 0.1) is 17.1 Å². The number of hydrogen-bond donors (Lipinski definition) is 2. The lowest BCUT2D eigenvalue weighted by molar-refractivity contribution is -0.138. The summed E-state index contributed by atoms with van der Waals surface area (Å²) in [6, 6.07) is 27.5. The van der Waals surface area contributed by atoms with Gasteiger partial charge in [0.1, 0.15) is 6.61 Å². The van der Waals surface area contributed by atoms with E-state index in [1.54, 1.807) is 38.1 Å². The van der Waals surface area contributed by atoms with Crippen LogP contribution in [0.5, 0.6) is 0 Å². The number of ether oxygens (including phenoxy) is 1. The molecule has 3 aromatic carbocycles. The molecule has 0 fully saturated rings. The van der Waals surface area contributed by atoms with E-state index in [1.165, 1.54) is 11.1 Å². The Morgan fingerprint density at radius 1 is 0.895 bits per heavy atom. The first-order valence-electron chi connectivity index (χ1n) is 12.5. The van der Waals surface area contributed by atoms with Crippen LogP contribution in [0.3, 0.4) is 0 Å². The molecular weight excluding hydrogens is 498 g/mol. The SMILES string of the molecule is CC1=C(C(=O)O)C(c2cccc(Cl)c2)C(C(=O)OCC=CCC(c2ccccc2)c2ccccc2)=C(C)N1. The summed E-state index contributed by atoms with van der Waals surface area (Å²) in [6.45, 7) is 3.50. The molecule has 0 aliphatic carbocycles. The Morgan fingerprint density at radius 2 is 1.50 bits per heavy atom. The number of nitrogens with one attached hydrogen (secondary N) is 1. The van der Waals surface area contributed by atoms with Gasteiger partial charge in [0.25, 0.3) is 0 Å². The summed E-state index contributed by atoms with van der Waals surface area (Å²) in [7, 11) is 0. The van der Waals surface area contributed by atoms with Gasteiger partial charge >= 0.3 is 11.9 Å². The van der Waals surface area contributed by atoms with Crippen LogP contribution >= 0.6 is 11.6 Å². The zero-order chi connectivity index (χ0) is 27.1. The van der Waals surface area contributed by atoms with Crippen LogP contribution in [-0.2, 0) is 14.3 Å². The molecule has 0 saturated heterocycles. The van der Waals surface area contributed by atoms with Gasteiger partial charge in [-0.3, -0.25) is 0 Å². The highest BCUT2D eigenvalue weighted by Crippen LogP contribution is 2.39. The third-order valence-corrected chi connectivity index (χ3v) is 6.88. The van der Waals surface area contributed by atoms with Crippen molar-refractivity contribution in [2.24, 2.45) is 0 Å². The maximum Gasteiger partial charge on any atom is 0.337 e. The third-order valence-electron chi connectivity index (χ3n) is 6.65. The van der Waals surface area contributed by atoms with Crippen molar-refractivity contribution in [2.45, 2.75) is 32.1 Å². The number of hydrogen-bond acceptors (Lipinski definition) is 4. The number of carboxylic acid groups (broad SMARTS) is 1. The molecule has 194 valence electrons. The van der Waals surface area contributed by atoms with Gasteiger partial charge in [-0.15, -0.1) is 0 Å². The predicted molar refractivity (Wildman–Crippen MR) is 150 cm³/mol. The van der Waals surface area contributed by atoms with Gasteiger partial charge in [0, 0.05) is 22.3 Å². The number of esters is 1. The first-order chi connectivity index (χ1) is 18.4. The van der Waals surface area contributed by atoms with E-state index in [1.807, 2.05) is 48.6 Å². The Bertz CT molecular complexity index is 1350. The van der Waals surface area contributed by atoms with Crippen LogP contribution in [0.25, 0.3) is 0 Å². The first kappa shape index (κ1) is 27.0. The Morgan fingerprint density at radius 3 is 2.08 bits per heavy atom. The molecule has 0 aromatic heterocycles. The summed E-state index contributed by atoms with van der Waals surface area (Å²) in [5, 5.41) is 13.5. The normalized spacial score (nSPS) is 15.6. The van der Waals surface area contributed by atoms with Crippen molar-refractivity contribution in [1.82, 2.24) is 5.32 Å². The quantitative estimate of drug-likeness (QED) is 0.232. The summed E-state index contributed by atoms with van der Waals surface area (Å²) < 4.78 is 5.62. The molecule has 1 aliphatic heterocycles. The van der Waals surface area contributed by atoms with Crippen molar-refractivity contribution in [2.75, 3.05) is 6.61 Å². The van der Waals surface area contributed by atoms with Crippen molar-refractivity contribution < 1.29 is 19.4 Å². The summed E-state index contributed by atoms with van der Waals surface area (Å²) in [6.07, 6.45) is 4.58. The Balaban J connectivity index is 1.50. The van der Waals surface area contributed by atoms with E-state index in [-0.39, 0.29) is 23.7 Å². The molecule has 1 heterocycles. The van der Waals surface area contributed by atoms with E-state index in [0.29, 0.717) is 22.0 Å². The number of dihydropyridines is 1. The number of aliphatic carboxylic acids is 1. The molecule has 38 heavy (non-hydrogen) atoms. The topological polar surface area (TPSA) is 75.6 Å². The third kappa shape index (κ3) is 6.24. The second-order valence-corrected chi connectivity index (χ2v) is 9.61. The van der Waals surface area contributed by atoms with Gasteiger partial charge < -0.3 is 15.2 Å². The molecule has 5 nitrogen and oxygen atoms in total. The van der Waals surface area contributed by atoms with Gasteiger partial charge in [0.15, 0.2) is 0 Å². The Kier molecular flexibility index (Phi) is 8.82. The van der Waals surface area contributed by atoms with E-state index in [0.717, 1.165) is 6.42 Å². The van der Waals surface area contributed by atoms with Crippen LogP contribution in [0.4, 0.5) is 0 Å². The van der Waals surface area contributed by atoms with Crippen molar-refractivity contribution in [3.8, 4) is 0 Å². The summed E-state index contributed by atoms with van der Waals surface area (Å²) in [4.78, 5) is 25.5. The lowest BCUT2D eigenvalue weighted by Crippen LogP contribution is -2.31. The van der Waals surface area contributed by atoms with E-state index in [4.69, 9.17) is 16.3 Å². The smallest absolute Gasteiger partial charge is 0.337 e. The molecule has 1 unspecified atom stereocenters. The average molecular weight is 528 g/mol. The number of halogens is 1. The fourth-order valence-corrected chi connectivity index (χ4v) is 5.10. The fraction of sp³-hybridized carbons (Fsp3) is 0.188. The second-order valence-electron chi connectivity index (χ2n) is 9.18. The van der Waals surface area contributed by atoms with Crippen LogP contribution in [0.15, 0.2) is 120 Å². The highest BCUT2D eigenvalue weighted by Gasteiger charge is 2.37. The number of rotatable bonds is 9. The fourth-order valence-electron chi connectivity index (χ4n) is 4.90. The number of carbonyl (C=O) groups is 2. The molecule has 0 spiro atoms. The molecule has 0 bridgehead atoms. The van der Waals surface area contributed by atoms with Gasteiger partial charge in [-0.05, 0) is 49.1 Å². The average Bonchev–Trinajstić information content (AvgIpc) is 2.91. The highest BCUT2D eigenvalue weighted by molar-refractivity contribution is 6.30. The van der Waals surface area contributed by atoms with Crippen molar-refractivity contribution >= 4 is 23.5 Å². The minimum atomic E-state index is -1.11. The van der Waals surface area contributed by atoms with Gasteiger partial charge in [-0.1, -0.05) is 96.5 Å². The summed E-state index contributed by atoms with van der Waals surface area (Å²) >= 11 is 6.20. The Labute approximate surface area is 228 Å². The Hall–Kier alpha value is -4.09. The summed E-state index contributed by atoms with van der Waals surface area (Å²) in [5.41, 5.74) is 4.42. The van der Waals surface area contributed by atoms with E-state index >= 15 is 0 Å². The predicted octanol–water partition coefficient (Wildman–Crippen LogP) is 6.98. The van der Waals surface area contributed by atoms with Crippen molar-refractivity contribution in [3.63, 3.8) is 0 Å². The monoisotopic (exact) mass is 527 g/mol. The maximum atomic E-state index is 13.3. The molecule has 0 radical (unpaired) electrons. The van der Waals surface area contributed by atoms with Crippen LogP contribution in [0, 0.1) is 0 Å². The first-order valence-corrected chi connectivity index (χ1v) is 12.8. The zero-order valence-electron chi connectivity index (χ0n) is 21.4. The van der Waals surface area contributed by atoms with E-state index < -0.39 is 17.9 Å². The molecule has 6 heteroatoms. The molecule has 0 amide bonds. The minimum Gasteiger partial charge on any atom is -0.478 e. The molecule has 0 saturated carbocycles. The lowest BCUT2D eigenvalue weighted by Gasteiger charge is -2.29.